The fraction of sp³-hybridized carbons (Fsp3) is 0.0714. The molecule has 6 heteroatoms. The minimum Gasteiger partial charge on any atom is -0.322 e. The summed E-state index contributed by atoms with van der Waals surface area (Å²) in [4.78, 5) is 29.0. The number of amides is 1. The number of thiazole rings is 1. The summed E-state index contributed by atoms with van der Waals surface area (Å²) < 4.78 is 1.37. The molecule has 1 amide bonds. The maximum absolute atomic E-state index is 12.2. The second-order valence-electron chi connectivity index (χ2n) is 4.30. The molecule has 0 saturated carbocycles. The Balaban J connectivity index is 1.99. The first kappa shape index (κ1) is 12.6. The highest BCUT2D eigenvalue weighted by Crippen LogP contribution is 2.14. The second-order valence-corrected chi connectivity index (χ2v) is 5.17. The third-order valence-corrected chi connectivity index (χ3v) is 3.75. The number of para-hydroxylation sites is 1. The Bertz CT molecular complexity index is 851. The molecular formula is C14H11N3O2S. The molecular weight excluding hydrogens is 274 g/mol. The van der Waals surface area contributed by atoms with E-state index in [-0.39, 0.29) is 11.1 Å². The topological polar surface area (TPSA) is 63.5 Å². The number of aromatic nitrogens is 2. The van der Waals surface area contributed by atoms with Gasteiger partial charge in [0, 0.05) is 23.5 Å². The van der Waals surface area contributed by atoms with E-state index in [1.807, 2.05) is 25.1 Å². The van der Waals surface area contributed by atoms with Gasteiger partial charge in [-0.15, -0.1) is 11.3 Å². The molecule has 3 aromatic rings. The first-order valence-electron chi connectivity index (χ1n) is 5.98. The van der Waals surface area contributed by atoms with Gasteiger partial charge in [0.25, 0.3) is 11.5 Å². The van der Waals surface area contributed by atoms with Gasteiger partial charge in [-0.1, -0.05) is 18.2 Å². The van der Waals surface area contributed by atoms with Gasteiger partial charge in [0.2, 0.25) is 0 Å². The lowest BCUT2D eigenvalue weighted by Gasteiger charge is -2.07. The zero-order valence-corrected chi connectivity index (χ0v) is 11.5. The highest BCUT2D eigenvalue weighted by Gasteiger charge is 2.14. The Kier molecular flexibility index (Phi) is 3.08. The molecule has 0 aliphatic carbocycles. The number of carbonyl (C=O) groups is 1. The van der Waals surface area contributed by atoms with Gasteiger partial charge in [-0.3, -0.25) is 14.0 Å². The number of carbonyl (C=O) groups excluding carboxylic acids is 1. The molecule has 3 rings (SSSR count). The second kappa shape index (κ2) is 4.90. The highest BCUT2D eigenvalue weighted by molar-refractivity contribution is 7.15. The first-order chi connectivity index (χ1) is 9.66. The van der Waals surface area contributed by atoms with Crippen molar-refractivity contribution < 1.29 is 4.79 Å². The van der Waals surface area contributed by atoms with Crippen LogP contribution in [0.5, 0.6) is 0 Å². The number of fused-ring (bicyclic) bond motifs is 1. The minimum absolute atomic E-state index is 0.0316. The monoisotopic (exact) mass is 285 g/mol. The Morgan fingerprint density at radius 1 is 1.35 bits per heavy atom. The molecule has 5 nitrogen and oxygen atoms in total. The highest BCUT2D eigenvalue weighted by atomic mass is 32.1. The molecule has 2 aromatic heterocycles. The van der Waals surface area contributed by atoms with Gasteiger partial charge in [0.05, 0.1) is 0 Å². The standard InChI is InChI=1S/C14H11N3O2S/c1-9-4-2-3-5-11(9)16-12(18)10-8-15-14-17(13(10)19)6-7-20-14/h2-8H,1H3,(H,16,18). The quantitative estimate of drug-likeness (QED) is 0.786. The Hall–Kier alpha value is -2.47. The molecule has 0 bridgehead atoms. The smallest absolute Gasteiger partial charge is 0.271 e. The molecule has 1 aromatic carbocycles. The molecule has 0 aliphatic heterocycles. The largest absolute Gasteiger partial charge is 0.322 e. The lowest BCUT2D eigenvalue weighted by molar-refractivity contribution is 0.102. The molecule has 0 aliphatic rings. The third-order valence-electron chi connectivity index (χ3n) is 2.98. The number of anilines is 1. The average molecular weight is 285 g/mol. The van der Waals surface area contributed by atoms with Gasteiger partial charge in [0.15, 0.2) is 4.96 Å². The number of aryl methyl sites for hydroxylation is 1. The zero-order chi connectivity index (χ0) is 14.1. The van der Waals surface area contributed by atoms with Crippen molar-refractivity contribution in [1.29, 1.82) is 0 Å². The van der Waals surface area contributed by atoms with Crippen LogP contribution >= 0.6 is 11.3 Å². The predicted molar refractivity (Wildman–Crippen MR) is 78.5 cm³/mol. The molecule has 0 radical (unpaired) electrons. The van der Waals surface area contributed by atoms with Gasteiger partial charge >= 0.3 is 0 Å². The summed E-state index contributed by atoms with van der Waals surface area (Å²) in [6.07, 6.45) is 2.93. The Labute approximate surface area is 118 Å². The first-order valence-corrected chi connectivity index (χ1v) is 6.86. The molecule has 0 spiro atoms. The summed E-state index contributed by atoms with van der Waals surface area (Å²) in [5.74, 6) is -0.447. The van der Waals surface area contributed by atoms with Gasteiger partial charge in [0.1, 0.15) is 5.56 Å². The van der Waals surface area contributed by atoms with Crippen molar-refractivity contribution in [2.75, 3.05) is 5.32 Å². The lowest BCUT2D eigenvalue weighted by atomic mass is 10.2. The van der Waals surface area contributed by atoms with Crippen LogP contribution in [0, 0.1) is 6.92 Å². The number of hydrogen-bond donors (Lipinski definition) is 1. The van der Waals surface area contributed by atoms with E-state index in [2.05, 4.69) is 10.3 Å². The van der Waals surface area contributed by atoms with Crippen molar-refractivity contribution in [3.63, 3.8) is 0 Å². The number of nitrogens with zero attached hydrogens (tertiary/aromatic N) is 2. The molecule has 0 fully saturated rings. The van der Waals surface area contributed by atoms with Crippen molar-refractivity contribution >= 4 is 27.9 Å². The fourth-order valence-corrected chi connectivity index (χ4v) is 2.56. The molecule has 0 unspecified atom stereocenters. The van der Waals surface area contributed by atoms with E-state index < -0.39 is 5.91 Å². The van der Waals surface area contributed by atoms with Gasteiger partial charge in [-0.05, 0) is 18.6 Å². The lowest BCUT2D eigenvalue weighted by Crippen LogP contribution is -2.26. The Morgan fingerprint density at radius 2 is 2.15 bits per heavy atom. The summed E-state index contributed by atoms with van der Waals surface area (Å²) in [7, 11) is 0. The maximum Gasteiger partial charge on any atom is 0.271 e. The van der Waals surface area contributed by atoms with Crippen LogP contribution in [-0.4, -0.2) is 15.3 Å². The van der Waals surface area contributed by atoms with Crippen LogP contribution in [0.25, 0.3) is 4.96 Å². The SMILES string of the molecule is Cc1ccccc1NC(=O)c1cnc2sccn2c1=O. The number of nitrogens with one attached hydrogen (secondary N) is 1. The molecule has 1 N–H and O–H groups in total. The number of rotatable bonds is 2. The van der Waals surface area contributed by atoms with Crippen molar-refractivity contribution in [2.24, 2.45) is 0 Å². The van der Waals surface area contributed by atoms with E-state index in [0.717, 1.165) is 5.56 Å². The van der Waals surface area contributed by atoms with Crippen molar-refractivity contribution in [1.82, 2.24) is 9.38 Å². The fourth-order valence-electron chi connectivity index (χ4n) is 1.88. The van der Waals surface area contributed by atoms with E-state index in [4.69, 9.17) is 0 Å². The summed E-state index contributed by atoms with van der Waals surface area (Å²) in [6.45, 7) is 1.89. The normalized spacial score (nSPS) is 10.7. The van der Waals surface area contributed by atoms with Crippen molar-refractivity contribution in [3.05, 3.63) is 63.5 Å². The van der Waals surface area contributed by atoms with Gasteiger partial charge in [-0.2, -0.15) is 0 Å². The molecule has 100 valence electrons. The summed E-state index contributed by atoms with van der Waals surface area (Å²) in [5.41, 5.74) is 1.30. The molecule has 20 heavy (non-hydrogen) atoms. The maximum atomic E-state index is 12.2. The molecule has 2 heterocycles. The summed E-state index contributed by atoms with van der Waals surface area (Å²) in [5, 5.41) is 4.49. The van der Waals surface area contributed by atoms with Crippen LogP contribution < -0.4 is 10.9 Å². The van der Waals surface area contributed by atoms with E-state index in [1.54, 1.807) is 17.6 Å². The van der Waals surface area contributed by atoms with E-state index in [0.29, 0.717) is 10.6 Å². The Morgan fingerprint density at radius 3 is 2.95 bits per heavy atom. The average Bonchev–Trinajstić information content (AvgIpc) is 2.91. The van der Waals surface area contributed by atoms with E-state index in [9.17, 15) is 9.59 Å². The predicted octanol–water partition coefficient (Wildman–Crippen LogP) is 2.32. The van der Waals surface area contributed by atoms with Crippen LogP contribution in [0.2, 0.25) is 0 Å². The zero-order valence-electron chi connectivity index (χ0n) is 10.7. The van der Waals surface area contributed by atoms with Crippen LogP contribution in [0.4, 0.5) is 5.69 Å². The van der Waals surface area contributed by atoms with Crippen LogP contribution in [0.1, 0.15) is 15.9 Å². The van der Waals surface area contributed by atoms with Crippen LogP contribution in [0.15, 0.2) is 46.8 Å². The summed E-state index contributed by atoms with van der Waals surface area (Å²) >= 11 is 1.35. The molecule has 0 atom stereocenters. The van der Waals surface area contributed by atoms with Gasteiger partial charge < -0.3 is 5.32 Å². The number of benzene rings is 1. The number of hydrogen-bond acceptors (Lipinski definition) is 4. The van der Waals surface area contributed by atoms with Gasteiger partial charge in [-0.25, -0.2) is 4.98 Å². The minimum atomic E-state index is -0.447. The van der Waals surface area contributed by atoms with Crippen molar-refractivity contribution in [2.45, 2.75) is 6.92 Å². The van der Waals surface area contributed by atoms with Crippen molar-refractivity contribution in [3.8, 4) is 0 Å². The van der Waals surface area contributed by atoms with E-state index >= 15 is 0 Å². The van der Waals surface area contributed by atoms with Crippen LogP contribution in [0.3, 0.4) is 0 Å². The third kappa shape index (κ3) is 2.10. The summed E-state index contributed by atoms with van der Waals surface area (Å²) in [6, 6.07) is 7.40. The molecule has 0 saturated heterocycles. The van der Waals surface area contributed by atoms with Crippen LogP contribution in [-0.2, 0) is 0 Å². The van der Waals surface area contributed by atoms with E-state index in [1.165, 1.54) is 21.9 Å².